The first-order valence-corrected chi connectivity index (χ1v) is 5.87. The Morgan fingerprint density at radius 1 is 1.11 bits per heavy atom. The third kappa shape index (κ3) is 1.66. The molecule has 0 unspecified atom stereocenters. The van der Waals surface area contributed by atoms with Gasteiger partial charge in [-0.2, -0.15) is 0 Å². The van der Waals surface area contributed by atoms with Crippen LogP contribution in [-0.4, -0.2) is 9.38 Å². The maximum absolute atomic E-state index is 5.89. The summed E-state index contributed by atoms with van der Waals surface area (Å²) < 4.78 is 1.91. The Labute approximate surface area is 110 Å². The summed E-state index contributed by atoms with van der Waals surface area (Å²) in [6.45, 7) is 0. The molecule has 0 bridgehead atoms. The fraction of sp³-hybridized carbons (Fsp3) is 0. The third-order valence-corrected chi connectivity index (χ3v) is 3.04. The number of rotatable bonds is 1. The van der Waals surface area contributed by atoms with Gasteiger partial charge in [0, 0.05) is 16.8 Å². The molecule has 2 heterocycles. The number of benzene rings is 1. The summed E-state index contributed by atoms with van der Waals surface area (Å²) in [5.74, 6) is 2.70. The summed E-state index contributed by atoms with van der Waals surface area (Å²) in [5.41, 5.74) is 3.37. The maximum atomic E-state index is 5.89. The van der Waals surface area contributed by atoms with Gasteiger partial charge in [0.2, 0.25) is 0 Å². The molecule has 1 aromatic carbocycles. The minimum atomic E-state index is 0.699. The minimum Gasteiger partial charge on any atom is -0.292 e. The van der Waals surface area contributed by atoms with E-state index in [0.29, 0.717) is 5.02 Å². The zero-order valence-corrected chi connectivity index (χ0v) is 10.2. The maximum Gasteiger partial charge on any atom is 0.138 e. The number of fused-ring (bicyclic) bond motifs is 1. The molecule has 3 aromatic rings. The van der Waals surface area contributed by atoms with E-state index in [1.807, 2.05) is 53.1 Å². The summed E-state index contributed by atoms with van der Waals surface area (Å²) in [4.78, 5) is 4.56. The number of imidazole rings is 1. The van der Waals surface area contributed by atoms with Crippen LogP contribution in [0.2, 0.25) is 5.02 Å². The fourth-order valence-electron chi connectivity index (χ4n) is 1.94. The van der Waals surface area contributed by atoms with Gasteiger partial charge in [0.1, 0.15) is 17.0 Å². The van der Waals surface area contributed by atoms with Crippen LogP contribution < -0.4 is 0 Å². The minimum absolute atomic E-state index is 0.699. The zero-order valence-electron chi connectivity index (χ0n) is 9.47. The van der Waals surface area contributed by atoms with E-state index >= 15 is 0 Å². The molecule has 18 heavy (non-hydrogen) atoms. The molecule has 86 valence electrons. The molecule has 3 heteroatoms. The zero-order chi connectivity index (χ0) is 12.5. The van der Waals surface area contributed by atoms with Crippen molar-refractivity contribution in [3.8, 4) is 23.6 Å². The number of pyridine rings is 1. The van der Waals surface area contributed by atoms with Crippen molar-refractivity contribution in [2.75, 3.05) is 0 Å². The van der Waals surface area contributed by atoms with E-state index in [2.05, 4.69) is 10.9 Å². The Balaban J connectivity index is 2.29. The predicted octanol–water partition coefficient (Wildman–Crippen LogP) is 3.64. The Hall–Kier alpha value is -2.24. The summed E-state index contributed by atoms with van der Waals surface area (Å²) in [6.07, 6.45) is 7.51. The van der Waals surface area contributed by atoms with Crippen molar-refractivity contribution in [2.24, 2.45) is 0 Å². The van der Waals surface area contributed by atoms with E-state index in [0.717, 1.165) is 22.6 Å². The lowest BCUT2D eigenvalue weighted by atomic mass is 10.1. The van der Waals surface area contributed by atoms with E-state index in [9.17, 15) is 0 Å². The van der Waals surface area contributed by atoms with Crippen LogP contribution in [0.15, 0.2) is 48.7 Å². The molecule has 0 aliphatic rings. The molecule has 0 aliphatic carbocycles. The normalized spacial score (nSPS) is 10.4. The molecule has 0 saturated carbocycles. The second-order valence-electron chi connectivity index (χ2n) is 3.89. The van der Waals surface area contributed by atoms with Gasteiger partial charge in [-0.3, -0.25) is 4.40 Å². The smallest absolute Gasteiger partial charge is 0.138 e. The Morgan fingerprint density at radius 2 is 1.89 bits per heavy atom. The third-order valence-electron chi connectivity index (χ3n) is 2.78. The summed E-state index contributed by atoms with van der Waals surface area (Å²) in [7, 11) is 0. The topological polar surface area (TPSA) is 17.3 Å². The van der Waals surface area contributed by atoms with E-state index in [1.165, 1.54) is 0 Å². The molecule has 2 aromatic heterocycles. The highest BCUT2D eigenvalue weighted by Crippen LogP contribution is 2.25. The van der Waals surface area contributed by atoms with E-state index in [1.54, 1.807) is 0 Å². The molecule has 0 atom stereocenters. The van der Waals surface area contributed by atoms with E-state index in [4.69, 9.17) is 18.0 Å². The number of hydrogen-bond acceptors (Lipinski definition) is 1. The van der Waals surface area contributed by atoms with Crippen LogP contribution in [0.4, 0.5) is 0 Å². The van der Waals surface area contributed by atoms with Crippen molar-refractivity contribution in [1.29, 1.82) is 0 Å². The average Bonchev–Trinajstić information content (AvgIpc) is 2.78. The van der Waals surface area contributed by atoms with Crippen LogP contribution in [0, 0.1) is 12.3 Å². The van der Waals surface area contributed by atoms with Gasteiger partial charge in [-0.15, -0.1) is 6.42 Å². The number of halogens is 1. The molecular formula is C15H9ClN2. The Kier molecular flexibility index (Phi) is 2.55. The molecule has 0 aliphatic heterocycles. The highest BCUT2D eigenvalue weighted by molar-refractivity contribution is 6.30. The van der Waals surface area contributed by atoms with Gasteiger partial charge in [-0.05, 0) is 30.2 Å². The number of terminal acetylenes is 1. The SMILES string of the molecule is C#Cc1c(-c2ccc(Cl)cc2)nc2ccccn12. The molecule has 0 radical (unpaired) electrons. The number of aromatic nitrogens is 2. The number of nitrogens with zero attached hydrogens (tertiary/aromatic N) is 2. The van der Waals surface area contributed by atoms with Crippen LogP contribution in [0.3, 0.4) is 0 Å². The van der Waals surface area contributed by atoms with Crippen LogP contribution in [0.25, 0.3) is 16.9 Å². The van der Waals surface area contributed by atoms with Crippen molar-refractivity contribution in [2.45, 2.75) is 0 Å². The highest BCUT2D eigenvalue weighted by Gasteiger charge is 2.11. The van der Waals surface area contributed by atoms with Gasteiger partial charge in [0.05, 0.1) is 0 Å². The van der Waals surface area contributed by atoms with Gasteiger partial charge in [-0.25, -0.2) is 4.98 Å². The Bertz CT molecular complexity index is 748. The summed E-state index contributed by atoms with van der Waals surface area (Å²) in [6, 6.07) is 13.3. The number of hydrogen-bond donors (Lipinski definition) is 0. The van der Waals surface area contributed by atoms with Crippen molar-refractivity contribution < 1.29 is 0 Å². The molecule has 0 amide bonds. The Morgan fingerprint density at radius 3 is 2.61 bits per heavy atom. The van der Waals surface area contributed by atoms with E-state index in [-0.39, 0.29) is 0 Å². The van der Waals surface area contributed by atoms with Gasteiger partial charge in [-0.1, -0.05) is 29.8 Å². The standard InChI is InChI=1S/C15H9ClN2/c1-2-13-15(11-6-8-12(16)9-7-11)17-14-5-3-4-10-18(13)14/h1,3-10H. The fourth-order valence-corrected chi connectivity index (χ4v) is 2.07. The quantitative estimate of drug-likeness (QED) is 0.605. The molecule has 3 rings (SSSR count). The molecule has 0 fully saturated rings. The average molecular weight is 253 g/mol. The monoisotopic (exact) mass is 252 g/mol. The van der Waals surface area contributed by atoms with Crippen molar-refractivity contribution >= 4 is 17.2 Å². The highest BCUT2D eigenvalue weighted by atomic mass is 35.5. The van der Waals surface area contributed by atoms with Gasteiger partial charge < -0.3 is 0 Å². The largest absolute Gasteiger partial charge is 0.292 e. The molecule has 0 spiro atoms. The first-order valence-electron chi connectivity index (χ1n) is 5.49. The van der Waals surface area contributed by atoms with Crippen LogP contribution in [0.5, 0.6) is 0 Å². The van der Waals surface area contributed by atoms with Gasteiger partial charge in [0.25, 0.3) is 0 Å². The van der Waals surface area contributed by atoms with Gasteiger partial charge in [0.15, 0.2) is 0 Å². The second-order valence-corrected chi connectivity index (χ2v) is 4.33. The van der Waals surface area contributed by atoms with Crippen molar-refractivity contribution in [3.63, 3.8) is 0 Å². The summed E-state index contributed by atoms with van der Waals surface area (Å²) in [5, 5.41) is 0.699. The second kappa shape index (κ2) is 4.21. The van der Waals surface area contributed by atoms with Crippen LogP contribution >= 0.6 is 11.6 Å². The lowest BCUT2D eigenvalue weighted by Gasteiger charge is -1.98. The molecule has 2 nitrogen and oxygen atoms in total. The lowest BCUT2D eigenvalue weighted by Crippen LogP contribution is -1.87. The van der Waals surface area contributed by atoms with Crippen LogP contribution in [-0.2, 0) is 0 Å². The lowest BCUT2D eigenvalue weighted by molar-refractivity contribution is 1.16. The van der Waals surface area contributed by atoms with E-state index < -0.39 is 0 Å². The van der Waals surface area contributed by atoms with Gasteiger partial charge >= 0.3 is 0 Å². The molecule has 0 saturated heterocycles. The first-order chi connectivity index (χ1) is 8.79. The summed E-state index contributed by atoms with van der Waals surface area (Å²) >= 11 is 5.89. The predicted molar refractivity (Wildman–Crippen MR) is 73.6 cm³/mol. The molecule has 0 N–H and O–H groups in total. The van der Waals surface area contributed by atoms with Crippen molar-refractivity contribution in [1.82, 2.24) is 9.38 Å². The first kappa shape index (κ1) is 10.9. The van der Waals surface area contributed by atoms with Crippen LogP contribution in [0.1, 0.15) is 5.69 Å². The molecular weight excluding hydrogens is 244 g/mol. The van der Waals surface area contributed by atoms with Crippen molar-refractivity contribution in [3.05, 3.63) is 59.4 Å².